The van der Waals surface area contributed by atoms with Gasteiger partial charge in [-0.3, -0.25) is 4.79 Å². The highest BCUT2D eigenvalue weighted by Crippen LogP contribution is 2.37. The largest absolute Gasteiger partial charge is 0.487 e. The second-order valence-electron chi connectivity index (χ2n) is 6.59. The molecule has 2 heterocycles. The minimum atomic E-state index is -0.221. The maximum atomic E-state index is 12.6. The van der Waals surface area contributed by atoms with Gasteiger partial charge in [0.2, 0.25) is 0 Å². The van der Waals surface area contributed by atoms with Crippen LogP contribution in [0.1, 0.15) is 50.6 Å². The van der Waals surface area contributed by atoms with Gasteiger partial charge < -0.3 is 10.1 Å². The number of rotatable bonds is 5. The number of nitrogens with one attached hydrogen (secondary N) is 1. The average molecular weight is 411 g/mol. The second-order valence-corrected chi connectivity index (χ2v) is 8.22. The molecule has 0 bridgehead atoms. The number of carbonyl (C=O) groups is 1. The van der Waals surface area contributed by atoms with E-state index in [1.54, 1.807) is 24.3 Å². The highest BCUT2D eigenvalue weighted by atomic mass is 32.1. The summed E-state index contributed by atoms with van der Waals surface area (Å²) in [4.78, 5) is 13.9. The van der Waals surface area contributed by atoms with E-state index < -0.39 is 0 Å². The van der Waals surface area contributed by atoms with Crippen LogP contribution in [0.2, 0.25) is 0 Å². The van der Waals surface area contributed by atoms with Gasteiger partial charge in [0, 0.05) is 10.4 Å². The fourth-order valence-corrected chi connectivity index (χ4v) is 4.97. The third-order valence-electron chi connectivity index (χ3n) is 4.75. The predicted octanol–water partition coefficient (Wildman–Crippen LogP) is 4.49. The summed E-state index contributed by atoms with van der Waals surface area (Å²) in [5.41, 5.74) is 3.95. The molecule has 0 radical (unpaired) electrons. The van der Waals surface area contributed by atoms with Gasteiger partial charge in [-0.2, -0.15) is 14.0 Å². The van der Waals surface area contributed by atoms with E-state index in [0.29, 0.717) is 28.5 Å². The number of amides is 1. The van der Waals surface area contributed by atoms with Crippen LogP contribution in [-0.4, -0.2) is 14.7 Å². The molecule has 3 aromatic rings. The van der Waals surface area contributed by atoms with E-state index in [2.05, 4.69) is 20.1 Å². The summed E-state index contributed by atoms with van der Waals surface area (Å²) in [6.07, 6.45) is 4.16. The summed E-state index contributed by atoms with van der Waals surface area (Å²) in [6, 6.07) is 9.22. The minimum absolute atomic E-state index is 0.221. The Morgan fingerprint density at radius 2 is 2.04 bits per heavy atom. The van der Waals surface area contributed by atoms with E-state index in [9.17, 15) is 10.1 Å². The van der Waals surface area contributed by atoms with Crippen LogP contribution in [0.3, 0.4) is 0 Å². The van der Waals surface area contributed by atoms with Crippen molar-refractivity contribution in [1.82, 2.24) is 8.75 Å². The Balaban J connectivity index is 1.43. The topological polar surface area (TPSA) is 87.9 Å². The molecule has 1 amide bonds. The molecule has 0 spiro atoms. The Morgan fingerprint density at radius 1 is 1.25 bits per heavy atom. The lowest BCUT2D eigenvalue weighted by Gasteiger charge is -2.09. The molecular weight excluding hydrogens is 392 g/mol. The first kappa shape index (κ1) is 18.6. The molecule has 0 saturated heterocycles. The average Bonchev–Trinajstić information content (AvgIpc) is 3.29. The number of aryl methyl sites for hydroxylation is 2. The molecule has 2 aromatic heterocycles. The summed E-state index contributed by atoms with van der Waals surface area (Å²) < 4.78 is 14.0. The van der Waals surface area contributed by atoms with Crippen molar-refractivity contribution < 1.29 is 9.53 Å². The number of nitrogens with zero attached hydrogens (tertiary/aromatic N) is 3. The maximum absolute atomic E-state index is 12.6. The molecule has 0 aliphatic heterocycles. The number of hydrogen-bond donors (Lipinski definition) is 1. The van der Waals surface area contributed by atoms with Crippen LogP contribution in [0.4, 0.5) is 5.00 Å². The molecule has 0 unspecified atom stereocenters. The first-order valence-electron chi connectivity index (χ1n) is 9.02. The predicted molar refractivity (Wildman–Crippen MR) is 109 cm³/mol. The van der Waals surface area contributed by atoms with Gasteiger partial charge in [-0.05, 0) is 62.4 Å². The van der Waals surface area contributed by atoms with Crippen molar-refractivity contribution in [1.29, 1.82) is 5.26 Å². The zero-order chi connectivity index (χ0) is 19.5. The molecule has 1 N–H and O–H groups in total. The Kier molecular flexibility index (Phi) is 5.37. The summed E-state index contributed by atoms with van der Waals surface area (Å²) in [5.74, 6) is 0.439. The molecule has 1 aromatic carbocycles. The lowest BCUT2D eigenvalue weighted by Crippen LogP contribution is -2.11. The van der Waals surface area contributed by atoms with Gasteiger partial charge in [-0.1, -0.05) is 0 Å². The molecule has 0 atom stereocenters. The van der Waals surface area contributed by atoms with Crippen LogP contribution < -0.4 is 10.1 Å². The summed E-state index contributed by atoms with van der Waals surface area (Å²) in [7, 11) is 0. The fraction of sp³-hybridized carbons (Fsp3) is 0.300. The van der Waals surface area contributed by atoms with E-state index in [0.717, 1.165) is 42.6 Å². The number of nitriles is 1. The molecule has 1 aliphatic rings. The number of aromatic nitrogens is 2. The van der Waals surface area contributed by atoms with Crippen LogP contribution in [0, 0.1) is 18.3 Å². The number of thiophene rings is 1. The van der Waals surface area contributed by atoms with Crippen molar-refractivity contribution in [2.45, 2.75) is 39.2 Å². The Bertz CT molecular complexity index is 1050. The number of carbonyl (C=O) groups excluding carboxylic acids is 1. The molecule has 28 heavy (non-hydrogen) atoms. The Morgan fingerprint density at radius 3 is 2.75 bits per heavy atom. The van der Waals surface area contributed by atoms with Crippen molar-refractivity contribution in [3.05, 3.63) is 57.2 Å². The van der Waals surface area contributed by atoms with Crippen LogP contribution in [-0.2, 0) is 19.4 Å². The van der Waals surface area contributed by atoms with E-state index in [1.165, 1.54) is 27.9 Å². The van der Waals surface area contributed by atoms with Gasteiger partial charge in [0.05, 0.1) is 23.0 Å². The normalized spacial score (nSPS) is 12.9. The van der Waals surface area contributed by atoms with E-state index >= 15 is 0 Å². The highest BCUT2D eigenvalue weighted by Gasteiger charge is 2.22. The standard InChI is InChI=1S/C20H18N4O2S2/c1-12-17(24-28-23-12)11-26-14-8-6-13(7-9-14)19(25)22-20-16(10-21)15-4-2-3-5-18(15)27-20/h6-9H,2-5,11H2,1H3,(H,22,25). The second kappa shape index (κ2) is 8.09. The van der Waals surface area contributed by atoms with Gasteiger partial charge >= 0.3 is 0 Å². The molecule has 0 saturated carbocycles. The highest BCUT2D eigenvalue weighted by molar-refractivity contribution is 7.16. The molecule has 0 fully saturated rings. The number of hydrogen-bond acceptors (Lipinski definition) is 7. The van der Waals surface area contributed by atoms with Crippen molar-refractivity contribution >= 4 is 34.0 Å². The smallest absolute Gasteiger partial charge is 0.256 e. The Labute approximate surface area is 171 Å². The third-order valence-corrected chi connectivity index (χ3v) is 6.61. The van der Waals surface area contributed by atoms with Crippen LogP contribution in [0.25, 0.3) is 0 Å². The lowest BCUT2D eigenvalue weighted by molar-refractivity contribution is 0.102. The molecular formula is C20H18N4O2S2. The zero-order valence-electron chi connectivity index (χ0n) is 15.3. The van der Waals surface area contributed by atoms with E-state index in [4.69, 9.17) is 4.74 Å². The van der Waals surface area contributed by atoms with Gasteiger partial charge in [-0.15, -0.1) is 11.3 Å². The third kappa shape index (κ3) is 3.77. The summed E-state index contributed by atoms with van der Waals surface area (Å²) in [5, 5.41) is 13.1. The quantitative estimate of drug-likeness (QED) is 0.669. The van der Waals surface area contributed by atoms with Crippen molar-refractivity contribution in [3.63, 3.8) is 0 Å². The first-order valence-corrected chi connectivity index (χ1v) is 10.6. The summed E-state index contributed by atoms with van der Waals surface area (Å²) >= 11 is 2.70. The number of ether oxygens (including phenoxy) is 1. The zero-order valence-corrected chi connectivity index (χ0v) is 17.0. The first-order chi connectivity index (χ1) is 13.7. The van der Waals surface area contributed by atoms with Crippen molar-refractivity contribution in [2.24, 2.45) is 0 Å². The van der Waals surface area contributed by atoms with Crippen molar-refractivity contribution in [3.8, 4) is 11.8 Å². The van der Waals surface area contributed by atoms with Gasteiger partial charge in [0.25, 0.3) is 5.91 Å². The van der Waals surface area contributed by atoms with Crippen LogP contribution in [0.5, 0.6) is 5.75 Å². The summed E-state index contributed by atoms with van der Waals surface area (Å²) in [6.45, 7) is 2.24. The minimum Gasteiger partial charge on any atom is -0.487 e. The number of fused-ring (bicyclic) bond motifs is 1. The van der Waals surface area contributed by atoms with E-state index in [1.807, 2.05) is 6.92 Å². The number of benzene rings is 1. The van der Waals surface area contributed by atoms with Crippen LogP contribution in [0.15, 0.2) is 24.3 Å². The van der Waals surface area contributed by atoms with Crippen LogP contribution >= 0.6 is 23.1 Å². The van der Waals surface area contributed by atoms with Gasteiger partial charge in [-0.25, -0.2) is 0 Å². The lowest BCUT2D eigenvalue weighted by atomic mass is 9.96. The SMILES string of the molecule is Cc1nsnc1COc1ccc(C(=O)Nc2sc3c(c2C#N)CCCC3)cc1. The van der Waals surface area contributed by atoms with E-state index in [-0.39, 0.29) is 5.91 Å². The van der Waals surface area contributed by atoms with Gasteiger partial charge in [0.15, 0.2) is 0 Å². The molecule has 6 nitrogen and oxygen atoms in total. The molecule has 1 aliphatic carbocycles. The molecule has 142 valence electrons. The molecule has 8 heteroatoms. The fourth-order valence-electron chi connectivity index (χ4n) is 3.18. The van der Waals surface area contributed by atoms with Crippen molar-refractivity contribution in [2.75, 3.05) is 5.32 Å². The monoisotopic (exact) mass is 410 g/mol. The maximum Gasteiger partial charge on any atom is 0.256 e. The Hall–Kier alpha value is -2.76. The molecule has 4 rings (SSSR count). The van der Waals surface area contributed by atoms with Gasteiger partial charge in [0.1, 0.15) is 29.1 Å². The number of anilines is 1.